The summed E-state index contributed by atoms with van der Waals surface area (Å²) in [4.78, 5) is 37.2. The Balaban J connectivity index is 0.000000115. The maximum absolute atomic E-state index is 12.6. The fourth-order valence-corrected chi connectivity index (χ4v) is 18.9. The molecule has 16 aromatic rings. The smallest absolute Gasteiger partial charge is 0.222 e. The van der Waals surface area contributed by atoms with Gasteiger partial charge < -0.3 is 27.8 Å². The van der Waals surface area contributed by atoms with Crippen molar-refractivity contribution in [2.24, 2.45) is 28.2 Å². The number of carbonyl (C=O) groups excluding carboxylic acids is 1. The molecule has 4 aliphatic heterocycles. The lowest BCUT2D eigenvalue weighted by molar-refractivity contribution is -0.142. The van der Waals surface area contributed by atoms with Gasteiger partial charge in [0.25, 0.3) is 0 Å². The van der Waals surface area contributed by atoms with Crippen molar-refractivity contribution in [3.05, 3.63) is 148 Å². The number of carbonyl (C=O) groups is 1. The van der Waals surface area contributed by atoms with Crippen molar-refractivity contribution in [3.63, 3.8) is 0 Å². The number of aromatic nitrogens is 28. The standard InChI is InChI=1S/C21H22N10O2S.C21H22N10O.2C20H19N11/c1-28-9-14(8-25-28)17-11-30-18(4-7-24-30)19(26-17)16-10-31(27-20(16)23)21(5-6-22)12-29(13-21)34(32,33)15-2-3-15;1-3-18(32)29-12-21(13-29,5-6-22)31-10-15(20(23)27-31)19-17-4-7-24-30(17)11-16(26-19)14-8-25-28(2)9-14;2*1-28-9-14(8-25-28)16-11-30-17(2-6-24-30)18(26-16)15-10-31(27-19(15)23)20(3-4-21)12-29(13-20)7-5-22/h4,7-11,15H,2-3,5,12-13H2,1H3,(H2,23,27);4,7-11H,3,5,12-13H2,1-2H3,(H2,23,27);2*2,6,8-11H,3,7,12-13H2,1H3,(H2,23,27). The Labute approximate surface area is 728 Å². The first kappa shape index (κ1) is 82.5. The van der Waals surface area contributed by atoms with Crippen LogP contribution in [0.25, 0.3) is 112 Å². The van der Waals surface area contributed by atoms with Crippen molar-refractivity contribution in [1.29, 1.82) is 31.6 Å². The molecule has 644 valence electrons. The molecule has 0 unspecified atom stereocenters. The largest absolute Gasteiger partial charge is 0.382 e. The lowest BCUT2D eigenvalue weighted by Gasteiger charge is -2.48. The Morgan fingerprint density at radius 1 is 0.391 bits per heavy atom. The highest BCUT2D eigenvalue weighted by Crippen LogP contribution is 2.45. The Bertz CT molecular complexity index is 7170. The van der Waals surface area contributed by atoms with Gasteiger partial charge >= 0.3 is 0 Å². The lowest BCUT2D eigenvalue weighted by atomic mass is 9.86. The van der Waals surface area contributed by atoms with E-state index >= 15 is 0 Å². The van der Waals surface area contributed by atoms with Crippen molar-refractivity contribution in [1.82, 2.24) is 156 Å². The van der Waals surface area contributed by atoms with E-state index in [2.05, 4.69) is 97.6 Å². The SMILES string of the molecule is CCC(=O)N1CC(CC#N)(n2cc(-c3nc(-c4cnn(C)c4)cn4nccc34)c(N)n2)C1.Cn1cc(-c2cn3nccc3c(-c3cn(C4(CC#N)CN(CC#N)C4)nc3N)n2)cn1.Cn1cc(-c2cn3nccc3c(-c3cn(C4(CC#N)CN(CC#N)C4)nc3N)n2)cn1.Cn1cc(-c2cn3nccc3c(-c3cn(C4(CC#N)CN(S(=O)(=O)C5CC5)C4)nc3N)n2)cn1. The summed E-state index contributed by atoms with van der Waals surface area (Å²) in [5, 5.41) is 108. The van der Waals surface area contributed by atoms with E-state index in [0.29, 0.717) is 157 Å². The van der Waals surface area contributed by atoms with Crippen molar-refractivity contribution in [2.75, 3.05) is 88.4 Å². The number of sulfonamides is 1. The van der Waals surface area contributed by atoms with E-state index in [-0.39, 0.29) is 55.7 Å². The zero-order chi connectivity index (χ0) is 89.3. The van der Waals surface area contributed by atoms with Crippen LogP contribution >= 0.6 is 0 Å². The first-order valence-electron chi connectivity index (χ1n) is 40.5. The topological polar surface area (TPSA) is 574 Å². The van der Waals surface area contributed by atoms with Crippen molar-refractivity contribution < 1.29 is 13.2 Å². The molecule has 21 rings (SSSR count). The fraction of sp³-hybridized carbons (Fsp3) is 0.329. The molecule has 5 fully saturated rings. The minimum absolute atomic E-state index is 0.0609. The molecule has 1 saturated carbocycles. The van der Waals surface area contributed by atoms with Gasteiger partial charge in [-0.3, -0.25) is 52.0 Å². The maximum Gasteiger partial charge on any atom is 0.222 e. The summed E-state index contributed by atoms with van der Waals surface area (Å²) in [5.74, 6) is 1.27. The number of nitrogen functional groups attached to an aromatic ring is 4. The third-order valence-electron chi connectivity index (χ3n) is 23.7. The molecular formula is C82H82N42O3S. The number of nitrogens with two attached hydrogens (primary N) is 4. The van der Waals surface area contributed by atoms with Crippen LogP contribution in [0.1, 0.15) is 51.9 Å². The van der Waals surface area contributed by atoms with E-state index in [4.69, 9.17) is 53.4 Å². The summed E-state index contributed by atoms with van der Waals surface area (Å²) >= 11 is 0. The van der Waals surface area contributed by atoms with Crippen molar-refractivity contribution in [3.8, 4) is 126 Å². The molecule has 0 spiro atoms. The summed E-state index contributed by atoms with van der Waals surface area (Å²) in [5.41, 5.74) is 37.4. The highest BCUT2D eigenvalue weighted by molar-refractivity contribution is 7.90. The number of hydrogen-bond donors (Lipinski definition) is 4. The van der Waals surface area contributed by atoms with Gasteiger partial charge in [0, 0.05) is 159 Å². The second-order valence-corrected chi connectivity index (χ2v) is 34.8. The predicted molar refractivity (Wildman–Crippen MR) is 461 cm³/mol. The van der Waals surface area contributed by atoms with Crippen LogP contribution in [-0.2, 0) is 65.2 Å². The highest BCUT2D eigenvalue weighted by Gasteiger charge is 2.55. The zero-order valence-electron chi connectivity index (χ0n) is 69.9. The highest BCUT2D eigenvalue weighted by atomic mass is 32.2. The van der Waals surface area contributed by atoms with E-state index in [0.717, 1.165) is 44.3 Å². The van der Waals surface area contributed by atoms with Gasteiger partial charge in [0.2, 0.25) is 15.9 Å². The molecule has 5 aliphatic rings. The van der Waals surface area contributed by atoms with Crippen LogP contribution in [-0.4, -0.2) is 241 Å². The number of nitrogens with zero attached hydrogens (tertiary/aromatic N) is 38. The van der Waals surface area contributed by atoms with Gasteiger partial charge in [0.05, 0.1) is 222 Å². The number of likely N-dealkylation sites (tertiary alicyclic amines) is 3. The maximum atomic E-state index is 12.6. The molecule has 4 saturated heterocycles. The normalized spacial score (nSPS) is 16.0. The zero-order valence-corrected chi connectivity index (χ0v) is 70.7. The molecule has 1 amide bonds. The molecular weight excluding hydrogens is 1650 g/mol. The summed E-state index contributed by atoms with van der Waals surface area (Å²) < 4.78 is 47.5. The minimum atomic E-state index is -3.32. The molecule has 0 radical (unpaired) electrons. The van der Waals surface area contributed by atoms with Crippen LogP contribution in [0.2, 0.25) is 0 Å². The second-order valence-electron chi connectivity index (χ2n) is 32.6. The average molecular weight is 1740 g/mol. The van der Waals surface area contributed by atoms with E-state index in [1.165, 1.54) is 4.31 Å². The summed E-state index contributed by atoms with van der Waals surface area (Å²) in [6, 6.07) is 20.7. The van der Waals surface area contributed by atoms with Gasteiger partial charge in [-0.15, -0.1) is 0 Å². The van der Waals surface area contributed by atoms with Crippen LogP contribution in [0.5, 0.6) is 0 Å². The molecule has 128 heavy (non-hydrogen) atoms. The predicted octanol–water partition coefficient (Wildman–Crippen LogP) is 4.48. The van der Waals surface area contributed by atoms with E-state index < -0.39 is 32.2 Å². The average Bonchev–Trinajstić information content (AvgIpc) is 1.50. The van der Waals surface area contributed by atoms with Crippen molar-refractivity contribution >= 4 is 61.3 Å². The van der Waals surface area contributed by atoms with E-state index in [1.807, 2.05) is 137 Å². The number of amides is 1. The monoisotopic (exact) mass is 1730 g/mol. The van der Waals surface area contributed by atoms with E-state index in [9.17, 15) is 34.3 Å². The van der Waals surface area contributed by atoms with Gasteiger partial charge in [-0.2, -0.15) is 97.1 Å². The third kappa shape index (κ3) is 14.9. The number of fused-ring (bicyclic) bond motifs is 4. The number of hydrogen-bond acceptors (Lipinski definition) is 31. The van der Waals surface area contributed by atoms with Gasteiger partial charge in [-0.05, 0) is 37.1 Å². The van der Waals surface area contributed by atoms with Crippen LogP contribution in [0.3, 0.4) is 0 Å². The van der Waals surface area contributed by atoms with Crippen LogP contribution in [0.15, 0.2) is 148 Å². The summed E-state index contributed by atoms with van der Waals surface area (Å²) in [7, 11) is 4.06. The Kier molecular flexibility index (Phi) is 20.9. The third-order valence-corrected chi connectivity index (χ3v) is 26.0. The second kappa shape index (κ2) is 32.4. The number of aryl methyl sites for hydroxylation is 4. The van der Waals surface area contributed by atoms with Crippen molar-refractivity contribution in [2.45, 2.75) is 79.3 Å². The number of anilines is 4. The summed E-state index contributed by atoms with van der Waals surface area (Å²) in [6.07, 6.45) is 38.6. The molecule has 45 nitrogen and oxygen atoms in total. The Hall–Kier alpha value is -16.4. The van der Waals surface area contributed by atoms with Crippen LogP contribution < -0.4 is 22.9 Å². The van der Waals surface area contributed by atoms with Crippen LogP contribution in [0.4, 0.5) is 23.3 Å². The minimum Gasteiger partial charge on any atom is -0.382 e. The molecule has 16 aromatic heterocycles. The van der Waals surface area contributed by atoms with E-state index in [1.54, 1.807) is 116 Å². The van der Waals surface area contributed by atoms with Gasteiger partial charge in [0.15, 0.2) is 23.3 Å². The lowest BCUT2D eigenvalue weighted by Crippen LogP contribution is -2.64. The van der Waals surface area contributed by atoms with Crippen LogP contribution in [0, 0.1) is 68.0 Å². The van der Waals surface area contributed by atoms with Gasteiger partial charge in [-0.25, -0.2) is 46.4 Å². The fourth-order valence-electron chi connectivity index (χ4n) is 16.9. The molecule has 0 bridgehead atoms. The molecule has 0 atom stereocenters. The number of rotatable bonds is 21. The first-order chi connectivity index (χ1) is 61.8. The number of nitriles is 6. The summed E-state index contributed by atoms with van der Waals surface area (Å²) in [6.45, 7) is 6.01. The molecule has 8 N–H and O–H groups in total. The first-order valence-corrected chi connectivity index (χ1v) is 42.0. The molecule has 46 heteroatoms. The molecule has 0 aromatic carbocycles. The Morgan fingerprint density at radius 3 is 0.906 bits per heavy atom. The molecule has 1 aliphatic carbocycles. The quantitative estimate of drug-likeness (QED) is 0.0720. The Morgan fingerprint density at radius 2 is 0.664 bits per heavy atom. The van der Waals surface area contributed by atoms with Gasteiger partial charge in [0.1, 0.15) is 44.9 Å². The van der Waals surface area contributed by atoms with Gasteiger partial charge in [-0.1, -0.05) is 6.92 Å². The molecule has 20 heterocycles.